The van der Waals surface area contributed by atoms with E-state index in [4.69, 9.17) is 16.3 Å². The molecule has 0 bridgehead atoms. The first-order chi connectivity index (χ1) is 9.59. The van der Waals surface area contributed by atoms with Gasteiger partial charge in [0.2, 0.25) is 10.0 Å². The van der Waals surface area contributed by atoms with E-state index in [0.717, 1.165) is 0 Å². The number of pyridine rings is 1. The van der Waals surface area contributed by atoms with Gasteiger partial charge in [0.15, 0.2) is 0 Å². The van der Waals surface area contributed by atoms with E-state index in [2.05, 4.69) is 9.71 Å². The molecule has 2 aromatic rings. The van der Waals surface area contributed by atoms with Crippen molar-refractivity contribution in [3.05, 3.63) is 53.8 Å². The topological polar surface area (TPSA) is 68.3 Å². The fourth-order valence-electron chi connectivity index (χ4n) is 1.51. The van der Waals surface area contributed by atoms with Gasteiger partial charge in [-0.05, 0) is 24.3 Å². The maximum atomic E-state index is 12.0. The van der Waals surface area contributed by atoms with Crippen LogP contribution < -0.4 is 9.46 Å². The lowest BCUT2D eigenvalue weighted by atomic mass is 10.3. The van der Waals surface area contributed by atoms with Crippen LogP contribution in [-0.4, -0.2) is 26.6 Å². The number of para-hydroxylation sites is 1. The van der Waals surface area contributed by atoms with E-state index >= 15 is 0 Å². The molecule has 0 radical (unpaired) electrons. The normalized spacial score (nSPS) is 11.2. The largest absolute Gasteiger partial charge is 0.492 e. The zero-order valence-electron chi connectivity index (χ0n) is 10.5. The molecule has 1 aromatic heterocycles. The second-order valence-electron chi connectivity index (χ2n) is 3.85. The molecule has 0 aliphatic carbocycles. The first kappa shape index (κ1) is 14.8. The summed E-state index contributed by atoms with van der Waals surface area (Å²) < 4.78 is 31.7. The molecule has 0 spiro atoms. The van der Waals surface area contributed by atoms with Gasteiger partial charge < -0.3 is 4.74 Å². The van der Waals surface area contributed by atoms with Crippen LogP contribution in [0.3, 0.4) is 0 Å². The number of nitrogens with zero attached hydrogens (tertiary/aromatic N) is 1. The van der Waals surface area contributed by atoms with Gasteiger partial charge in [-0.15, -0.1) is 0 Å². The summed E-state index contributed by atoms with van der Waals surface area (Å²) in [6.07, 6.45) is 1.43. The van der Waals surface area contributed by atoms with Crippen molar-refractivity contribution in [3.8, 4) is 5.75 Å². The molecule has 2 rings (SSSR count). The van der Waals surface area contributed by atoms with Crippen molar-refractivity contribution in [1.82, 2.24) is 9.71 Å². The monoisotopic (exact) mass is 312 g/mol. The van der Waals surface area contributed by atoms with E-state index in [1.165, 1.54) is 18.3 Å². The highest BCUT2D eigenvalue weighted by atomic mass is 35.5. The molecule has 5 nitrogen and oxygen atoms in total. The lowest BCUT2D eigenvalue weighted by Gasteiger charge is -2.09. The third-order valence-electron chi connectivity index (χ3n) is 2.42. The molecule has 0 aliphatic rings. The summed E-state index contributed by atoms with van der Waals surface area (Å²) in [6.45, 7) is 0.365. The fraction of sp³-hybridized carbons (Fsp3) is 0.154. The highest BCUT2D eigenvalue weighted by Gasteiger charge is 2.17. The van der Waals surface area contributed by atoms with Crippen molar-refractivity contribution >= 4 is 21.6 Å². The first-order valence-electron chi connectivity index (χ1n) is 5.87. The molecule has 0 amide bonds. The quantitative estimate of drug-likeness (QED) is 0.655. The number of rotatable bonds is 6. The van der Waals surface area contributed by atoms with E-state index in [0.29, 0.717) is 5.75 Å². The molecule has 1 aromatic carbocycles. The summed E-state index contributed by atoms with van der Waals surface area (Å²) in [5.74, 6) is 0.686. The van der Waals surface area contributed by atoms with Crippen LogP contribution >= 0.6 is 11.6 Å². The molecular formula is C13H13ClN2O3S. The van der Waals surface area contributed by atoms with E-state index < -0.39 is 10.0 Å². The number of sulfonamides is 1. The summed E-state index contributed by atoms with van der Waals surface area (Å²) >= 11 is 5.76. The van der Waals surface area contributed by atoms with Crippen LogP contribution in [0.25, 0.3) is 0 Å². The Hall–Kier alpha value is -1.63. The minimum atomic E-state index is -3.67. The van der Waals surface area contributed by atoms with Crippen LogP contribution in [-0.2, 0) is 10.0 Å². The second kappa shape index (κ2) is 6.69. The lowest BCUT2D eigenvalue weighted by Crippen LogP contribution is -2.28. The highest BCUT2D eigenvalue weighted by molar-refractivity contribution is 7.89. The summed E-state index contributed by atoms with van der Waals surface area (Å²) in [5.41, 5.74) is 0. The summed E-state index contributed by atoms with van der Waals surface area (Å²) in [4.78, 5) is 3.70. The molecule has 7 heteroatoms. The molecule has 0 fully saturated rings. The van der Waals surface area contributed by atoms with Gasteiger partial charge in [0.05, 0.1) is 0 Å². The zero-order chi connectivity index (χ0) is 14.4. The maximum absolute atomic E-state index is 12.0. The lowest BCUT2D eigenvalue weighted by molar-refractivity contribution is 0.323. The SMILES string of the molecule is O=S(=O)(NCCOc1ccccc1)c1cccnc1Cl. The highest BCUT2D eigenvalue weighted by Crippen LogP contribution is 2.17. The molecule has 0 unspecified atom stereocenters. The summed E-state index contributed by atoms with van der Waals surface area (Å²) in [5, 5.41) is -0.0519. The van der Waals surface area contributed by atoms with Crippen molar-refractivity contribution in [3.63, 3.8) is 0 Å². The summed E-state index contributed by atoms with van der Waals surface area (Å²) in [6, 6.07) is 12.1. The number of ether oxygens (including phenoxy) is 1. The smallest absolute Gasteiger partial charge is 0.243 e. The Balaban J connectivity index is 1.89. The Labute approximate surface area is 122 Å². The van der Waals surface area contributed by atoms with Crippen LogP contribution in [0, 0.1) is 0 Å². The second-order valence-corrected chi connectivity index (χ2v) is 5.95. The third-order valence-corrected chi connectivity index (χ3v) is 4.33. The molecule has 1 heterocycles. The van der Waals surface area contributed by atoms with Gasteiger partial charge in [-0.3, -0.25) is 0 Å². The van der Waals surface area contributed by atoms with E-state index in [-0.39, 0.29) is 23.2 Å². The zero-order valence-corrected chi connectivity index (χ0v) is 12.1. The van der Waals surface area contributed by atoms with Crippen LogP contribution in [0.2, 0.25) is 5.15 Å². The molecule has 0 aliphatic heterocycles. The molecule has 0 saturated heterocycles. The minimum Gasteiger partial charge on any atom is -0.492 e. The van der Waals surface area contributed by atoms with E-state index in [1.54, 1.807) is 12.1 Å². The molecule has 20 heavy (non-hydrogen) atoms. The molecule has 106 valence electrons. The number of hydrogen-bond donors (Lipinski definition) is 1. The van der Waals surface area contributed by atoms with Gasteiger partial charge in [0.25, 0.3) is 0 Å². The number of halogens is 1. The standard InChI is InChI=1S/C13H13ClN2O3S/c14-13-12(7-4-8-15-13)20(17,18)16-9-10-19-11-5-2-1-3-6-11/h1-8,16H,9-10H2. The van der Waals surface area contributed by atoms with Crippen molar-refractivity contribution in [2.24, 2.45) is 0 Å². The van der Waals surface area contributed by atoms with Gasteiger partial charge in [-0.2, -0.15) is 0 Å². The molecule has 0 saturated carbocycles. The number of aromatic nitrogens is 1. The first-order valence-corrected chi connectivity index (χ1v) is 7.74. The average Bonchev–Trinajstić information content (AvgIpc) is 2.45. The van der Waals surface area contributed by atoms with Crippen LogP contribution in [0.15, 0.2) is 53.6 Å². The number of hydrogen-bond acceptors (Lipinski definition) is 4. The Kier molecular flexibility index (Phi) is 4.94. The van der Waals surface area contributed by atoms with Gasteiger partial charge in [0.1, 0.15) is 22.4 Å². The predicted molar refractivity (Wildman–Crippen MR) is 76.4 cm³/mol. The van der Waals surface area contributed by atoms with Crippen molar-refractivity contribution in [2.75, 3.05) is 13.2 Å². The minimum absolute atomic E-state index is 0.0404. The number of benzene rings is 1. The van der Waals surface area contributed by atoms with Gasteiger partial charge >= 0.3 is 0 Å². The molecular weight excluding hydrogens is 300 g/mol. The van der Waals surface area contributed by atoms with Crippen LogP contribution in [0.4, 0.5) is 0 Å². The Morgan fingerprint density at radius 3 is 2.60 bits per heavy atom. The Morgan fingerprint density at radius 2 is 1.90 bits per heavy atom. The van der Waals surface area contributed by atoms with Gasteiger partial charge in [-0.1, -0.05) is 29.8 Å². The van der Waals surface area contributed by atoms with E-state index in [1.807, 2.05) is 18.2 Å². The Bertz CT molecular complexity index is 662. The van der Waals surface area contributed by atoms with E-state index in [9.17, 15) is 8.42 Å². The van der Waals surface area contributed by atoms with Gasteiger partial charge in [0, 0.05) is 12.7 Å². The maximum Gasteiger partial charge on any atom is 0.243 e. The predicted octanol–water partition coefficient (Wildman–Crippen LogP) is 2.09. The van der Waals surface area contributed by atoms with Gasteiger partial charge in [-0.25, -0.2) is 18.1 Å². The van der Waals surface area contributed by atoms with Crippen molar-refractivity contribution in [2.45, 2.75) is 4.90 Å². The van der Waals surface area contributed by atoms with Crippen LogP contribution in [0.5, 0.6) is 5.75 Å². The van der Waals surface area contributed by atoms with Crippen molar-refractivity contribution in [1.29, 1.82) is 0 Å². The average molecular weight is 313 g/mol. The number of nitrogens with one attached hydrogen (secondary N) is 1. The Morgan fingerprint density at radius 1 is 1.15 bits per heavy atom. The third kappa shape index (κ3) is 3.93. The molecule has 0 atom stereocenters. The molecule has 1 N–H and O–H groups in total. The summed E-state index contributed by atoms with van der Waals surface area (Å²) in [7, 11) is -3.67. The van der Waals surface area contributed by atoms with Crippen molar-refractivity contribution < 1.29 is 13.2 Å². The fourth-order valence-corrected chi connectivity index (χ4v) is 2.97. The van der Waals surface area contributed by atoms with Crippen LogP contribution in [0.1, 0.15) is 0 Å².